The summed E-state index contributed by atoms with van der Waals surface area (Å²) < 4.78 is 2.88. The van der Waals surface area contributed by atoms with E-state index >= 15 is 0 Å². The molecule has 0 amide bonds. The average molecular weight is 101 g/mol. The van der Waals surface area contributed by atoms with Gasteiger partial charge in [-0.05, 0) is 6.26 Å². The predicted molar refractivity (Wildman–Crippen MR) is 30.1 cm³/mol. The van der Waals surface area contributed by atoms with Crippen LogP contribution in [0.3, 0.4) is 0 Å². The Morgan fingerprint density at radius 3 is 3.00 bits per heavy atom. The zero-order valence-electron chi connectivity index (χ0n) is 3.43. The maximum absolute atomic E-state index is 3.69. The molecule has 1 atom stereocenters. The minimum absolute atomic E-state index is 0.174. The van der Waals surface area contributed by atoms with Crippen LogP contribution in [0.25, 0.3) is 0 Å². The first kappa shape index (κ1) is 3.87. The van der Waals surface area contributed by atoms with Crippen molar-refractivity contribution in [1.29, 1.82) is 0 Å². The normalized spacial score (nSPS) is 29.2. The third-order valence-electron chi connectivity index (χ3n) is 0.482. The van der Waals surface area contributed by atoms with Crippen molar-refractivity contribution in [3.05, 3.63) is 0 Å². The minimum Gasteiger partial charge on any atom is -0.316 e. The van der Waals surface area contributed by atoms with E-state index in [0.717, 1.165) is 0 Å². The van der Waals surface area contributed by atoms with Gasteiger partial charge in [-0.3, -0.25) is 0 Å². The summed E-state index contributed by atoms with van der Waals surface area (Å²) >= 11 is 0. The zero-order chi connectivity index (χ0) is 4.41. The van der Waals surface area contributed by atoms with Gasteiger partial charge in [0.1, 0.15) is 0 Å². The van der Waals surface area contributed by atoms with Crippen LogP contribution in [0.5, 0.6) is 0 Å². The van der Waals surface area contributed by atoms with E-state index < -0.39 is 0 Å². The fourth-order valence-electron chi connectivity index (χ4n) is 0.230. The molecule has 1 aliphatic heterocycles. The Balaban J connectivity index is 2.61. The van der Waals surface area contributed by atoms with Gasteiger partial charge in [0.2, 0.25) is 0 Å². The number of nitrogens with zero attached hydrogens (tertiary/aromatic N) is 1. The number of rotatable bonds is 0. The average Bonchev–Trinajstić information content (AvgIpc) is 1.86. The van der Waals surface area contributed by atoms with Gasteiger partial charge >= 0.3 is 0 Å². The SMILES string of the molecule is CS1=CN=[C]N1. The Kier molecular flexibility index (Phi) is 0.919. The summed E-state index contributed by atoms with van der Waals surface area (Å²) in [5, 5.41) is 0. The van der Waals surface area contributed by atoms with Crippen molar-refractivity contribution in [2.45, 2.75) is 0 Å². The zero-order valence-corrected chi connectivity index (χ0v) is 4.25. The van der Waals surface area contributed by atoms with Crippen molar-refractivity contribution < 1.29 is 0 Å². The van der Waals surface area contributed by atoms with Gasteiger partial charge in [-0.15, -0.1) is 0 Å². The fourth-order valence-corrected chi connectivity index (χ4v) is 0.690. The van der Waals surface area contributed by atoms with Crippen LogP contribution < -0.4 is 4.72 Å². The molecule has 1 radical (unpaired) electrons. The van der Waals surface area contributed by atoms with Crippen molar-refractivity contribution in [3.63, 3.8) is 0 Å². The lowest BCUT2D eigenvalue weighted by Gasteiger charge is -1.85. The van der Waals surface area contributed by atoms with E-state index in [1.165, 1.54) is 0 Å². The van der Waals surface area contributed by atoms with Gasteiger partial charge in [-0.2, -0.15) is 0 Å². The number of aliphatic imine (C=N–C) groups is 1. The second kappa shape index (κ2) is 1.43. The highest BCUT2D eigenvalue weighted by atomic mass is 32.2. The Bertz CT molecular complexity index is 105. The highest BCUT2D eigenvalue weighted by molar-refractivity contribution is 8.13. The highest BCUT2D eigenvalue weighted by Gasteiger charge is 1.83. The summed E-state index contributed by atoms with van der Waals surface area (Å²) in [5.74, 6) is 0. The first-order valence-electron chi connectivity index (χ1n) is 1.58. The third-order valence-corrected chi connectivity index (χ3v) is 1.32. The van der Waals surface area contributed by atoms with E-state index in [1.807, 2.05) is 11.7 Å². The van der Waals surface area contributed by atoms with Crippen LogP contribution in [0.1, 0.15) is 0 Å². The van der Waals surface area contributed by atoms with Crippen LogP contribution >= 0.6 is 10.7 Å². The van der Waals surface area contributed by atoms with Gasteiger partial charge < -0.3 is 4.72 Å². The highest BCUT2D eigenvalue weighted by Crippen LogP contribution is 1.97. The van der Waals surface area contributed by atoms with Gasteiger partial charge in [-0.1, -0.05) is 10.7 Å². The molecule has 1 rings (SSSR count). The molecule has 0 aromatic heterocycles. The second-order valence-electron chi connectivity index (χ2n) is 1.01. The molecule has 0 saturated carbocycles. The summed E-state index contributed by atoms with van der Waals surface area (Å²) in [6, 6.07) is 0. The number of hydrogen-bond donors (Lipinski definition) is 1. The maximum atomic E-state index is 3.69. The molecule has 2 nitrogen and oxygen atoms in total. The molecule has 0 spiro atoms. The first-order chi connectivity index (χ1) is 2.89. The number of nitrogens with one attached hydrogen (secondary N) is 1. The van der Waals surface area contributed by atoms with Crippen LogP contribution in [-0.4, -0.2) is 18.1 Å². The first-order valence-corrected chi connectivity index (χ1v) is 3.28. The minimum atomic E-state index is 0.174. The largest absolute Gasteiger partial charge is 0.316 e. The summed E-state index contributed by atoms with van der Waals surface area (Å²) in [6.07, 6.45) is 4.65. The lowest BCUT2D eigenvalue weighted by atomic mass is 11.3. The van der Waals surface area contributed by atoms with Crippen LogP contribution in [0.4, 0.5) is 0 Å². The van der Waals surface area contributed by atoms with Gasteiger partial charge in [0.25, 0.3) is 0 Å². The Labute approximate surface area is 39.3 Å². The molecular weight excluding hydrogens is 96.1 g/mol. The van der Waals surface area contributed by atoms with Gasteiger partial charge in [0.05, 0.1) is 5.49 Å². The lowest BCUT2D eigenvalue weighted by molar-refractivity contribution is 1.61. The third kappa shape index (κ3) is 0.597. The quantitative estimate of drug-likeness (QED) is 0.429. The molecule has 1 heterocycles. The van der Waals surface area contributed by atoms with Crippen molar-refractivity contribution in [2.75, 3.05) is 6.26 Å². The molecular formula is C3H5N2S. The number of hydrogen-bond acceptors (Lipinski definition) is 2. The van der Waals surface area contributed by atoms with Crippen molar-refractivity contribution >= 4 is 22.5 Å². The van der Waals surface area contributed by atoms with Crippen LogP contribution in [0, 0.1) is 0 Å². The molecule has 0 saturated heterocycles. The van der Waals surface area contributed by atoms with E-state index in [9.17, 15) is 0 Å². The van der Waals surface area contributed by atoms with Gasteiger partial charge in [-0.25, -0.2) is 4.99 Å². The lowest BCUT2D eigenvalue weighted by Crippen LogP contribution is -1.93. The van der Waals surface area contributed by atoms with Gasteiger partial charge in [0.15, 0.2) is 6.34 Å². The molecule has 1 unspecified atom stereocenters. The van der Waals surface area contributed by atoms with E-state index in [4.69, 9.17) is 0 Å². The molecule has 6 heavy (non-hydrogen) atoms. The standard InChI is InChI=1S/C3H5N2S/c1-6-3-4-2-5-6/h3H,1H3,(H,4,5). The fraction of sp³-hybridized carbons (Fsp3) is 0.333. The molecule has 0 aliphatic carbocycles. The predicted octanol–water partition coefficient (Wildman–Crippen LogP) is 0.0683. The van der Waals surface area contributed by atoms with Crippen LogP contribution in [0.2, 0.25) is 0 Å². The molecule has 33 valence electrons. The smallest absolute Gasteiger partial charge is 0.180 e. The summed E-state index contributed by atoms with van der Waals surface area (Å²) in [4.78, 5) is 3.69. The molecule has 1 N–H and O–H groups in total. The van der Waals surface area contributed by atoms with E-state index in [2.05, 4.69) is 16.1 Å². The Morgan fingerprint density at radius 1 is 2.00 bits per heavy atom. The Morgan fingerprint density at radius 2 is 2.83 bits per heavy atom. The summed E-state index contributed by atoms with van der Waals surface area (Å²) in [7, 11) is 0.174. The monoisotopic (exact) mass is 101 g/mol. The van der Waals surface area contributed by atoms with Crippen molar-refractivity contribution in [1.82, 2.24) is 4.72 Å². The summed E-state index contributed by atoms with van der Waals surface area (Å²) in [5.41, 5.74) is 1.83. The molecule has 1 aliphatic rings. The van der Waals surface area contributed by atoms with E-state index in [0.29, 0.717) is 0 Å². The van der Waals surface area contributed by atoms with Crippen molar-refractivity contribution in [2.24, 2.45) is 4.99 Å². The van der Waals surface area contributed by atoms with Gasteiger partial charge in [0, 0.05) is 0 Å². The summed E-state index contributed by atoms with van der Waals surface area (Å²) in [6.45, 7) is 0. The Hall–Kier alpha value is -0.310. The molecule has 0 aromatic rings. The van der Waals surface area contributed by atoms with Crippen LogP contribution in [-0.2, 0) is 0 Å². The molecule has 0 fully saturated rings. The molecule has 3 heteroatoms. The molecule has 0 bridgehead atoms. The maximum Gasteiger partial charge on any atom is 0.180 e. The topological polar surface area (TPSA) is 24.4 Å². The van der Waals surface area contributed by atoms with Crippen molar-refractivity contribution in [3.8, 4) is 0 Å². The molecule has 0 aromatic carbocycles. The second-order valence-corrected chi connectivity index (χ2v) is 2.54. The van der Waals surface area contributed by atoms with Crippen LogP contribution in [0.15, 0.2) is 4.99 Å². The van der Waals surface area contributed by atoms with E-state index in [1.54, 1.807) is 0 Å². The van der Waals surface area contributed by atoms with E-state index in [-0.39, 0.29) is 10.7 Å².